The van der Waals surface area contributed by atoms with Crippen LogP contribution in [-0.2, 0) is 4.74 Å². The fraction of sp³-hybridized carbons (Fsp3) is 0.571. The number of nitrogens with zero attached hydrogens (tertiary/aromatic N) is 2. The van der Waals surface area contributed by atoms with Crippen LogP contribution in [0.5, 0.6) is 0 Å². The molecule has 1 atom stereocenters. The second-order valence-electron chi connectivity index (χ2n) is 6.99. The molecule has 1 aromatic rings. The number of benzene rings is 1. The van der Waals surface area contributed by atoms with Crippen molar-refractivity contribution in [3.05, 3.63) is 47.5 Å². The van der Waals surface area contributed by atoms with Gasteiger partial charge < -0.3 is 15.4 Å². The molecule has 0 saturated carbocycles. The normalized spacial score (nSPS) is 19.9. The van der Waals surface area contributed by atoms with Gasteiger partial charge in [0.05, 0.1) is 19.3 Å². The molecule has 5 nitrogen and oxygen atoms in total. The summed E-state index contributed by atoms with van der Waals surface area (Å²) in [5, 5.41) is 6.99. The van der Waals surface area contributed by atoms with Gasteiger partial charge in [0.15, 0.2) is 5.96 Å². The molecule has 1 saturated heterocycles. The number of guanidine groups is 1. The Morgan fingerprint density at radius 2 is 2.00 bits per heavy atom. The van der Waals surface area contributed by atoms with Gasteiger partial charge in [-0.2, -0.15) is 0 Å². The molecule has 0 amide bonds. The maximum atomic E-state index is 5.37. The minimum atomic E-state index is 0.399. The summed E-state index contributed by atoms with van der Waals surface area (Å²) >= 11 is 0. The van der Waals surface area contributed by atoms with Crippen LogP contribution in [0, 0.1) is 0 Å². The Labute approximate surface area is 157 Å². The second kappa shape index (κ2) is 10.3. The highest BCUT2D eigenvalue weighted by molar-refractivity contribution is 5.79. The molecule has 2 aliphatic heterocycles. The lowest BCUT2D eigenvalue weighted by Gasteiger charge is -2.29. The molecule has 3 rings (SSSR count). The van der Waals surface area contributed by atoms with Gasteiger partial charge >= 0.3 is 0 Å². The van der Waals surface area contributed by atoms with E-state index in [-0.39, 0.29) is 0 Å². The Hall–Kier alpha value is -1.85. The summed E-state index contributed by atoms with van der Waals surface area (Å²) in [4.78, 5) is 6.98. The van der Waals surface area contributed by atoms with E-state index in [2.05, 4.69) is 56.9 Å². The van der Waals surface area contributed by atoms with E-state index in [1.54, 1.807) is 0 Å². The Kier molecular flexibility index (Phi) is 7.52. The van der Waals surface area contributed by atoms with Gasteiger partial charge in [0.1, 0.15) is 0 Å². The lowest BCUT2D eigenvalue weighted by atomic mass is 10.1. The Balaban J connectivity index is 1.50. The van der Waals surface area contributed by atoms with Crippen molar-refractivity contribution < 1.29 is 4.74 Å². The summed E-state index contributed by atoms with van der Waals surface area (Å²) in [7, 11) is 1.84. The van der Waals surface area contributed by atoms with Crippen LogP contribution in [0.3, 0.4) is 0 Å². The molecule has 1 unspecified atom stereocenters. The Bertz CT molecular complexity index is 593. The minimum absolute atomic E-state index is 0.399. The highest BCUT2D eigenvalue weighted by Gasteiger charge is 2.23. The molecule has 2 aliphatic rings. The fourth-order valence-corrected chi connectivity index (χ4v) is 3.73. The number of likely N-dealkylation sites (tertiary alicyclic amines) is 1. The zero-order valence-electron chi connectivity index (χ0n) is 15.9. The minimum Gasteiger partial charge on any atom is -0.377 e. The number of hydrogen-bond donors (Lipinski definition) is 2. The van der Waals surface area contributed by atoms with E-state index < -0.39 is 0 Å². The van der Waals surface area contributed by atoms with E-state index in [9.17, 15) is 0 Å². The third kappa shape index (κ3) is 5.58. The topological polar surface area (TPSA) is 48.9 Å². The Morgan fingerprint density at radius 1 is 1.19 bits per heavy atom. The van der Waals surface area contributed by atoms with Gasteiger partial charge in [-0.05, 0) is 44.3 Å². The molecule has 0 aliphatic carbocycles. The maximum Gasteiger partial charge on any atom is 0.191 e. The van der Waals surface area contributed by atoms with Crippen molar-refractivity contribution >= 4 is 5.96 Å². The summed E-state index contributed by atoms with van der Waals surface area (Å²) in [6.07, 6.45) is 6.92. The van der Waals surface area contributed by atoms with E-state index in [1.807, 2.05) is 7.05 Å². The third-order valence-corrected chi connectivity index (χ3v) is 5.25. The molecular weight excluding hydrogens is 324 g/mol. The zero-order chi connectivity index (χ0) is 18.0. The van der Waals surface area contributed by atoms with E-state index in [0.717, 1.165) is 45.1 Å². The number of hydrogen-bond acceptors (Lipinski definition) is 3. The van der Waals surface area contributed by atoms with E-state index in [0.29, 0.717) is 6.04 Å². The number of nitrogens with one attached hydrogen (secondary N) is 2. The molecule has 5 heteroatoms. The summed E-state index contributed by atoms with van der Waals surface area (Å²) in [5.41, 5.74) is 2.86. The van der Waals surface area contributed by atoms with Gasteiger partial charge in [0.2, 0.25) is 0 Å². The van der Waals surface area contributed by atoms with E-state index in [1.165, 1.54) is 37.1 Å². The van der Waals surface area contributed by atoms with Gasteiger partial charge in [-0.15, -0.1) is 0 Å². The maximum absolute atomic E-state index is 5.37. The number of aliphatic imine (C=N–C) groups is 1. The predicted molar refractivity (Wildman–Crippen MR) is 107 cm³/mol. The standard InChI is InChI=1S/C21H32N4O/c1-22-21(23-12-9-18-10-15-26-16-11-18)24-17-20(25-13-5-6-14-25)19-7-3-2-4-8-19/h2-4,7-8,10,20H,5-6,9,11-17H2,1H3,(H2,22,23,24). The van der Waals surface area contributed by atoms with Crippen LogP contribution in [0.1, 0.15) is 37.3 Å². The summed E-state index contributed by atoms with van der Waals surface area (Å²) < 4.78 is 5.37. The average Bonchev–Trinajstić information content (AvgIpc) is 3.23. The highest BCUT2D eigenvalue weighted by Crippen LogP contribution is 2.24. The first-order valence-electron chi connectivity index (χ1n) is 9.86. The molecule has 1 aromatic carbocycles. The van der Waals surface area contributed by atoms with Gasteiger partial charge in [-0.3, -0.25) is 9.89 Å². The quantitative estimate of drug-likeness (QED) is 0.448. The average molecular weight is 357 g/mol. The van der Waals surface area contributed by atoms with Crippen molar-refractivity contribution in [3.8, 4) is 0 Å². The number of rotatable bonds is 7. The summed E-state index contributed by atoms with van der Waals surface area (Å²) in [5.74, 6) is 0.887. The van der Waals surface area contributed by atoms with Crippen molar-refractivity contribution in [1.82, 2.24) is 15.5 Å². The van der Waals surface area contributed by atoms with Gasteiger partial charge in [0.25, 0.3) is 0 Å². The van der Waals surface area contributed by atoms with Crippen molar-refractivity contribution in [2.24, 2.45) is 4.99 Å². The Morgan fingerprint density at radius 3 is 2.69 bits per heavy atom. The SMILES string of the molecule is CN=C(NCCC1=CCOCC1)NCC(c1ccccc1)N1CCCC1. The molecule has 2 heterocycles. The first kappa shape index (κ1) is 18.9. The molecule has 26 heavy (non-hydrogen) atoms. The molecule has 0 bridgehead atoms. The predicted octanol–water partition coefficient (Wildman–Crippen LogP) is 2.73. The molecule has 142 valence electrons. The van der Waals surface area contributed by atoms with Crippen LogP contribution in [-0.4, -0.2) is 57.3 Å². The van der Waals surface area contributed by atoms with Crippen LogP contribution in [0.25, 0.3) is 0 Å². The number of ether oxygens (including phenoxy) is 1. The van der Waals surface area contributed by atoms with Gasteiger partial charge in [-0.1, -0.05) is 42.0 Å². The van der Waals surface area contributed by atoms with Gasteiger partial charge in [-0.25, -0.2) is 0 Å². The van der Waals surface area contributed by atoms with Crippen molar-refractivity contribution in [3.63, 3.8) is 0 Å². The van der Waals surface area contributed by atoms with E-state index >= 15 is 0 Å². The summed E-state index contributed by atoms with van der Waals surface area (Å²) in [6, 6.07) is 11.2. The van der Waals surface area contributed by atoms with Crippen molar-refractivity contribution in [1.29, 1.82) is 0 Å². The molecule has 0 radical (unpaired) electrons. The summed E-state index contributed by atoms with van der Waals surface area (Å²) in [6.45, 7) is 5.77. The smallest absolute Gasteiger partial charge is 0.191 e. The van der Waals surface area contributed by atoms with Crippen LogP contribution >= 0.6 is 0 Å². The molecule has 0 aromatic heterocycles. The highest BCUT2D eigenvalue weighted by atomic mass is 16.5. The molecule has 0 spiro atoms. The van der Waals surface area contributed by atoms with Gasteiger partial charge in [0, 0.05) is 20.1 Å². The molecule has 1 fully saturated rings. The monoisotopic (exact) mass is 356 g/mol. The third-order valence-electron chi connectivity index (χ3n) is 5.25. The van der Waals surface area contributed by atoms with Crippen LogP contribution in [0.15, 0.2) is 47.0 Å². The molecule has 2 N–H and O–H groups in total. The molecular formula is C21H32N4O. The van der Waals surface area contributed by atoms with E-state index in [4.69, 9.17) is 4.74 Å². The first-order chi connectivity index (χ1) is 12.9. The zero-order valence-corrected chi connectivity index (χ0v) is 15.9. The fourth-order valence-electron chi connectivity index (χ4n) is 3.73. The van der Waals surface area contributed by atoms with Crippen LogP contribution in [0.4, 0.5) is 0 Å². The van der Waals surface area contributed by atoms with Crippen molar-refractivity contribution in [2.75, 3.05) is 46.4 Å². The first-order valence-corrected chi connectivity index (χ1v) is 9.86. The lowest BCUT2D eigenvalue weighted by Crippen LogP contribution is -2.43. The van der Waals surface area contributed by atoms with Crippen LogP contribution < -0.4 is 10.6 Å². The second-order valence-corrected chi connectivity index (χ2v) is 6.99. The van der Waals surface area contributed by atoms with Crippen molar-refractivity contribution in [2.45, 2.75) is 31.7 Å². The largest absolute Gasteiger partial charge is 0.377 e. The lowest BCUT2D eigenvalue weighted by molar-refractivity contribution is 0.153. The van der Waals surface area contributed by atoms with Crippen LogP contribution in [0.2, 0.25) is 0 Å².